The van der Waals surface area contributed by atoms with Crippen LogP contribution in [0.1, 0.15) is 58.0 Å². The van der Waals surface area contributed by atoms with Gasteiger partial charge in [0.15, 0.2) is 0 Å². The first-order chi connectivity index (χ1) is 7.55. The molecule has 0 spiro atoms. The van der Waals surface area contributed by atoms with Crippen molar-refractivity contribution in [2.24, 2.45) is 0 Å². The Bertz CT molecular complexity index is 381. The van der Waals surface area contributed by atoms with Gasteiger partial charge in [-0.05, 0) is 25.7 Å². The van der Waals surface area contributed by atoms with Crippen LogP contribution >= 0.6 is 0 Å². The smallest absolute Gasteiger partial charge is 0.136 e. The lowest BCUT2D eigenvalue weighted by molar-refractivity contribution is 0.684. The Morgan fingerprint density at radius 1 is 1.38 bits per heavy atom. The first kappa shape index (κ1) is 11.4. The van der Waals surface area contributed by atoms with Gasteiger partial charge in [0.2, 0.25) is 0 Å². The number of anilines is 1. The summed E-state index contributed by atoms with van der Waals surface area (Å²) in [7, 11) is 0. The van der Waals surface area contributed by atoms with Gasteiger partial charge in [-0.3, -0.25) is 0 Å². The number of hydrogen-bond donors (Lipinski definition) is 1. The minimum Gasteiger partial charge on any atom is -0.370 e. The zero-order valence-electron chi connectivity index (χ0n) is 10.7. The third kappa shape index (κ3) is 2.18. The first-order valence-electron chi connectivity index (χ1n) is 6.18. The molecule has 0 radical (unpaired) electrons. The van der Waals surface area contributed by atoms with Crippen molar-refractivity contribution in [1.29, 1.82) is 0 Å². The van der Waals surface area contributed by atoms with Gasteiger partial charge in [-0.15, -0.1) is 0 Å². The highest BCUT2D eigenvalue weighted by molar-refractivity contribution is 5.38. The fourth-order valence-electron chi connectivity index (χ4n) is 1.71. The van der Waals surface area contributed by atoms with E-state index in [1.54, 1.807) is 0 Å². The normalized spacial score (nSPS) is 17.6. The predicted octanol–water partition coefficient (Wildman–Crippen LogP) is 3.08. The maximum absolute atomic E-state index is 4.70. The van der Waals surface area contributed by atoms with E-state index in [-0.39, 0.29) is 5.41 Å². The summed E-state index contributed by atoms with van der Waals surface area (Å²) in [4.78, 5) is 9.31. The van der Waals surface area contributed by atoms with E-state index in [4.69, 9.17) is 4.98 Å². The van der Waals surface area contributed by atoms with Gasteiger partial charge in [0.1, 0.15) is 11.6 Å². The second-order valence-corrected chi connectivity index (χ2v) is 5.25. The molecule has 1 saturated carbocycles. The Labute approximate surface area is 97.7 Å². The molecular weight excluding hydrogens is 198 g/mol. The minimum absolute atomic E-state index is 0.245. The maximum atomic E-state index is 4.70. The number of aromatic nitrogens is 2. The van der Waals surface area contributed by atoms with E-state index in [9.17, 15) is 0 Å². The van der Waals surface area contributed by atoms with Crippen molar-refractivity contribution >= 4 is 5.82 Å². The summed E-state index contributed by atoms with van der Waals surface area (Å²) < 4.78 is 0. The summed E-state index contributed by atoms with van der Waals surface area (Å²) in [5.41, 5.74) is 1.39. The molecule has 1 aromatic heterocycles. The van der Waals surface area contributed by atoms with Crippen molar-refractivity contribution in [1.82, 2.24) is 9.97 Å². The van der Waals surface area contributed by atoms with Crippen LogP contribution in [0.15, 0.2) is 6.07 Å². The van der Waals surface area contributed by atoms with Crippen LogP contribution in [-0.4, -0.2) is 16.5 Å². The van der Waals surface area contributed by atoms with Crippen LogP contribution in [0.4, 0.5) is 5.82 Å². The van der Waals surface area contributed by atoms with E-state index in [0.29, 0.717) is 5.92 Å². The standard InChI is InChI=1S/C13H21N3/c1-5-14-11-8-10(9(2)3)15-12(16-11)13(4)6-7-13/h8-9H,5-7H2,1-4H3,(H,14,15,16). The number of rotatable bonds is 4. The van der Waals surface area contributed by atoms with Crippen LogP contribution in [0.2, 0.25) is 0 Å². The zero-order valence-corrected chi connectivity index (χ0v) is 10.7. The highest BCUT2D eigenvalue weighted by atomic mass is 15.0. The molecule has 88 valence electrons. The van der Waals surface area contributed by atoms with Crippen LogP contribution in [0.3, 0.4) is 0 Å². The highest BCUT2D eigenvalue weighted by Gasteiger charge is 2.42. The van der Waals surface area contributed by atoms with Crippen molar-refractivity contribution in [2.45, 2.75) is 51.9 Å². The van der Waals surface area contributed by atoms with E-state index >= 15 is 0 Å². The van der Waals surface area contributed by atoms with Gasteiger partial charge >= 0.3 is 0 Å². The largest absolute Gasteiger partial charge is 0.370 e. The van der Waals surface area contributed by atoms with Crippen LogP contribution < -0.4 is 5.32 Å². The summed E-state index contributed by atoms with van der Waals surface area (Å²) >= 11 is 0. The van der Waals surface area contributed by atoms with Crippen molar-refractivity contribution in [3.8, 4) is 0 Å². The Morgan fingerprint density at radius 2 is 2.06 bits per heavy atom. The maximum Gasteiger partial charge on any atom is 0.136 e. The summed E-state index contributed by atoms with van der Waals surface area (Å²) in [6, 6.07) is 2.07. The third-order valence-corrected chi connectivity index (χ3v) is 3.24. The molecule has 0 atom stereocenters. The van der Waals surface area contributed by atoms with Crippen LogP contribution in [0, 0.1) is 0 Å². The van der Waals surface area contributed by atoms with Gasteiger partial charge in [0.25, 0.3) is 0 Å². The second kappa shape index (κ2) is 4.04. The molecule has 0 aliphatic heterocycles. The lowest BCUT2D eigenvalue weighted by Crippen LogP contribution is -2.12. The van der Waals surface area contributed by atoms with Crippen molar-refractivity contribution in [3.63, 3.8) is 0 Å². The quantitative estimate of drug-likeness (QED) is 0.845. The average Bonchev–Trinajstić information content (AvgIpc) is 2.98. The molecule has 1 aliphatic rings. The summed E-state index contributed by atoms with van der Waals surface area (Å²) in [6.45, 7) is 9.61. The molecule has 0 bridgehead atoms. The molecule has 1 fully saturated rings. The first-order valence-corrected chi connectivity index (χ1v) is 6.18. The van der Waals surface area contributed by atoms with Crippen molar-refractivity contribution < 1.29 is 0 Å². The predicted molar refractivity (Wildman–Crippen MR) is 66.9 cm³/mol. The van der Waals surface area contributed by atoms with Gasteiger partial charge in [-0.2, -0.15) is 0 Å². The van der Waals surface area contributed by atoms with Crippen molar-refractivity contribution in [2.75, 3.05) is 11.9 Å². The minimum atomic E-state index is 0.245. The van der Waals surface area contributed by atoms with Gasteiger partial charge in [-0.1, -0.05) is 20.8 Å². The van der Waals surface area contributed by atoms with Crippen molar-refractivity contribution in [3.05, 3.63) is 17.6 Å². The lowest BCUT2D eigenvalue weighted by Gasteiger charge is -2.14. The van der Waals surface area contributed by atoms with E-state index in [2.05, 4.69) is 44.1 Å². The van der Waals surface area contributed by atoms with E-state index in [0.717, 1.165) is 23.9 Å². The molecule has 1 heterocycles. The number of hydrogen-bond acceptors (Lipinski definition) is 3. The van der Waals surface area contributed by atoms with Gasteiger partial charge in [0.05, 0.1) is 0 Å². The summed E-state index contributed by atoms with van der Waals surface area (Å²) in [5, 5.41) is 3.29. The molecular formula is C13H21N3. The van der Waals surface area contributed by atoms with E-state index < -0.39 is 0 Å². The average molecular weight is 219 g/mol. The van der Waals surface area contributed by atoms with E-state index in [1.165, 1.54) is 12.8 Å². The SMILES string of the molecule is CCNc1cc(C(C)C)nc(C2(C)CC2)n1. The number of nitrogens with one attached hydrogen (secondary N) is 1. The Kier molecular flexibility index (Phi) is 2.87. The fourth-order valence-corrected chi connectivity index (χ4v) is 1.71. The lowest BCUT2D eigenvalue weighted by atomic mass is 10.1. The summed E-state index contributed by atoms with van der Waals surface area (Å²) in [5.74, 6) is 2.46. The monoisotopic (exact) mass is 219 g/mol. The molecule has 3 heteroatoms. The summed E-state index contributed by atoms with van der Waals surface area (Å²) in [6.07, 6.45) is 2.44. The highest BCUT2D eigenvalue weighted by Crippen LogP contribution is 2.46. The van der Waals surface area contributed by atoms with E-state index in [1.807, 2.05) is 0 Å². The molecule has 0 unspecified atom stereocenters. The Morgan fingerprint density at radius 3 is 2.56 bits per heavy atom. The molecule has 2 rings (SSSR count). The van der Waals surface area contributed by atoms with Gasteiger partial charge in [-0.25, -0.2) is 9.97 Å². The molecule has 0 saturated heterocycles. The van der Waals surface area contributed by atoms with Crippen LogP contribution in [0.5, 0.6) is 0 Å². The second-order valence-electron chi connectivity index (χ2n) is 5.25. The third-order valence-electron chi connectivity index (χ3n) is 3.24. The zero-order chi connectivity index (χ0) is 11.8. The molecule has 1 aromatic rings. The van der Waals surface area contributed by atoms with Gasteiger partial charge in [0, 0.05) is 23.7 Å². The molecule has 0 amide bonds. The van der Waals surface area contributed by atoms with Gasteiger partial charge < -0.3 is 5.32 Å². The molecule has 0 aromatic carbocycles. The van der Waals surface area contributed by atoms with Crippen LogP contribution in [-0.2, 0) is 5.41 Å². The molecule has 1 aliphatic carbocycles. The molecule has 1 N–H and O–H groups in total. The number of nitrogens with zero attached hydrogens (tertiary/aromatic N) is 2. The van der Waals surface area contributed by atoms with Crippen LogP contribution in [0.25, 0.3) is 0 Å². The molecule has 16 heavy (non-hydrogen) atoms. The topological polar surface area (TPSA) is 37.8 Å². The Balaban J connectivity index is 2.37. The fraction of sp³-hybridized carbons (Fsp3) is 0.692. The molecule has 3 nitrogen and oxygen atoms in total. The Hall–Kier alpha value is -1.12.